The number of amides is 2. The number of hydrogen-bond donors (Lipinski definition) is 2. The lowest BCUT2D eigenvalue weighted by atomic mass is 10.3. The highest BCUT2D eigenvalue weighted by Gasteiger charge is 2.16. The number of fused-ring (bicyclic) bond motifs is 1. The van der Waals surface area contributed by atoms with E-state index in [4.69, 9.17) is 9.47 Å². The average molecular weight is 327 g/mol. The van der Waals surface area contributed by atoms with Crippen molar-refractivity contribution in [1.29, 1.82) is 0 Å². The van der Waals surface area contributed by atoms with Crippen molar-refractivity contribution in [3.63, 3.8) is 0 Å². The number of nitrogens with one attached hydrogen (secondary N) is 2. The van der Waals surface area contributed by atoms with Gasteiger partial charge in [0.05, 0.1) is 18.1 Å². The third-order valence-electron chi connectivity index (χ3n) is 3.92. The number of aromatic nitrogens is 2. The van der Waals surface area contributed by atoms with E-state index in [9.17, 15) is 4.79 Å². The van der Waals surface area contributed by atoms with E-state index in [1.807, 2.05) is 0 Å². The van der Waals surface area contributed by atoms with E-state index < -0.39 is 0 Å². The Labute approximate surface area is 138 Å². The van der Waals surface area contributed by atoms with Crippen LogP contribution < -0.4 is 25.0 Å². The lowest BCUT2D eigenvalue weighted by Crippen LogP contribution is -2.22. The molecule has 0 unspecified atom stereocenters. The highest BCUT2D eigenvalue weighted by Crippen LogP contribution is 2.34. The monoisotopic (exact) mass is 327 g/mol. The molecule has 3 heterocycles. The van der Waals surface area contributed by atoms with Crippen LogP contribution in [0.5, 0.6) is 11.5 Å². The minimum Gasteiger partial charge on any atom is -0.454 e. The Morgan fingerprint density at radius 2 is 1.71 bits per heavy atom. The maximum Gasteiger partial charge on any atom is 0.323 e. The maximum absolute atomic E-state index is 12.1. The molecular weight excluding hydrogens is 310 g/mol. The highest BCUT2D eigenvalue weighted by molar-refractivity contribution is 5.99. The second-order valence-corrected chi connectivity index (χ2v) is 5.61. The van der Waals surface area contributed by atoms with Crippen molar-refractivity contribution in [3.8, 4) is 11.5 Å². The normalized spacial score (nSPS) is 15.4. The Morgan fingerprint density at radius 3 is 2.50 bits per heavy atom. The summed E-state index contributed by atoms with van der Waals surface area (Å²) in [7, 11) is 0. The van der Waals surface area contributed by atoms with Gasteiger partial charge < -0.3 is 25.0 Å². The van der Waals surface area contributed by atoms with Crippen LogP contribution in [0.2, 0.25) is 0 Å². The number of ether oxygens (including phenoxy) is 2. The average Bonchev–Trinajstić information content (AvgIpc) is 3.26. The molecule has 1 saturated heterocycles. The molecule has 8 heteroatoms. The lowest BCUT2D eigenvalue weighted by Gasteiger charge is -2.14. The third-order valence-corrected chi connectivity index (χ3v) is 3.92. The van der Waals surface area contributed by atoms with Crippen LogP contribution in [0, 0.1) is 0 Å². The van der Waals surface area contributed by atoms with Gasteiger partial charge in [-0.15, -0.1) is 0 Å². The Morgan fingerprint density at radius 1 is 1.00 bits per heavy atom. The predicted octanol–water partition coefficient (Wildman–Crippen LogP) is 2.45. The summed E-state index contributed by atoms with van der Waals surface area (Å²) >= 11 is 0. The fourth-order valence-corrected chi connectivity index (χ4v) is 2.73. The van der Waals surface area contributed by atoms with E-state index in [1.165, 1.54) is 12.8 Å². The number of anilines is 3. The number of carbonyl (C=O) groups is 1. The van der Waals surface area contributed by atoms with Gasteiger partial charge in [0.1, 0.15) is 0 Å². The van der Waals surface area contributed by atoms with Gasteiger partial charge in [-0.1, -0.05) is 0 Å². The van der Waals surface area contributed by atoms with Crippen LogP contribution in [0.4, 0.5) is 22.1 Å². The second kappa shape index (κ2) is 6.23. The van der Waals surface area contributed by atoms with Crippen molar-refractivity contribution in [2.24, 2.45) is 0 Å². The molecule has 4 rings (SSSR count). The molecule has 2 amide bonds. The Kier molecular flexibility index (Phi) is 3.78. The summed E-state index contributed by atoms with van der Waals surface area (Å²) in [5, 5.41) is 5.45. The van der Waals surface area contributed by atoms with Crippen molar-refractivity contribution in [3.05, 3.63) is 30.6 Å². The van der Waals surface area contributed by atoms with Crippen molar-refractivity contribution in [2.75, 3.05) is 35.4 Å². The van der Waals surface area contributed by atoms with Crippen molar-refractivity contribution in [2.45, 2.75) is 12.8 Å². The molecule has 1 fully saturated rings. The second-order valence-electron chi connectivity index (χ2n) is 5.61. The summed E-state index contributed by atoms with van der Waals surface area (Å²) in [6.07, 6.45) is 5.56. The molecule has 1 aromatic carbocycles. The summed E-state index contributed by atoms with van der Waals surface area (Å²) in [4.78, 5) is 22.8. The largest absolute Gasteiger partial charge is 0.454 e. The standard InChI is InChI=1S/C16H17N5O3/c22-16(19-11-3-4-13-14(7-11)24-10-23-13)20-12-8-17-15(18-9-12)21-5-1-2-6-21/h3-4,7-9H,1-2,5-6,10H2,(H2,19,20,22). The number of nitrogens with zero attached hydrogens (tertiary/aromatic N) is 3. The molecule has 1 aromatic heterocycles. The molecule has 2 aromatic rings. The molecule has 2 aliphatic rings. The summed E-state index contributed by atoms with van der Waals surface area (Å²) in [6.45, 7) is 2.17. The van der Waals surface area contributed by atoms with E-state index in [1.54, 1.807) is 30.6 Å². The molecule has 124 valence electrons. The summed E-state index contributed by atoms with van der Waals surface area (Å²) in [5.74, 6) is 1.99. The summed E-state index contributed by atoms with van der Waals surface area (Å²) in [5.41, 5.74) is 1.16. The first-order chi connectivity index (χ1) is 11.8. The molecule has 8 nitrogen and oxygen atoms in total. The topological polar surface area (TPSA) is 88.6 Å². The van der Waals surface area contributed by atoms with Crippen LogP contribution in [0.25, 0.3) is 0 Å². The first kappa shape index (κ1) is 14.6. The Balaban J connectivity index is 1.37. The van der Waals surface area contributed by atoms with Gasteiger partial charge in [-0.25, -0.2) is 14.8 Å². The zero-order chi connectivity index (χ0) is 16.4. The van der Waals surface area contributed by atoms with Crippen molar-refractivity contribution >= 4 is 23.4 Å². The van der Waals surface area contributed by atoms with E-state index in [0.717, 1.165) is 13.1 Å². The van der Waals surface area contributed by atoms with Gasteiger partial charge in [0, 0.05) is 24.8 Å². The van der Waals surface area contributed by atoms with Crippen LogP contribution in [0.1, 0.15) is 12.8 Å². The lowest BCUT2D eigenvalue weighted by molar-refractivity contribution is 0.174. The van der Waals surface area contributed by atoms with Gasteiger partial charge in [0.25, 0.3) is 0 Å². The van der Waals surface area contributed by atoms with Crippen molar-refractivity contribution < 1.29 is 14.3 Å². The maximum atomic E-state index is 12.1. The van der Waals surface area contributed by atoms with Crippen LogP contribution in [0.15, 0.2) is 30.6 Å². The summed E-state index contributed by atoms with van der Waals surface area (Å²) < 4.78 is 10.5. The van der Waals surface area contributed by atoms with Gasteiger partial charge in [-0.2, -0.15) is 0 Å². The fourth-order valence-electron chi connectivity index (χ4n) is 2.73. The minimum atomic E-state index is -0.369. The highest BCUT2D eigenvalue weighted by atomic mass is 16.7. The number of hydrogen-bond acceptors (Lipinski definition) is 6. The molecule has 0 spiro atoms. The minimum absolute atomic E-state index is 0.200. The van der Waals surface area contributed by atoms with Crippen LogP contribution in [0.3, 0.4) is 0 Å². The molecule has 0 aliphatic carbocycles. The smallest absolute Gasteiger partial charge is 0.323 e. The van der Waals surface area contributed by atoms with Crippen LogP contribution in [-0.4, -0.2) is 35.9 Å². The third kappa shape index (κ3) is 3.03. The van der Waals surface area contributed by atoms with E-state index in [-0.39, 0.29) is 12.8 Å². The number of carbonyl (C=O) groups excluding carboxylic acids is 1. The first-order valence-electron chi connectivity index (χ1n) is 7.82. The molecule has 2 N–H and O–H groups in total. The van der Waals surface area contributed by atoms with Gasteiger partial charge in [0.15, 0.2) is 11.5 Å². The zero-order valence-electron chi connectivity index (χ0n) is 13.0. The molecule has 0 bridgehead atoms. The van der Waals surface area contributed by atoms with Crippen molar-refractivity contribution in [1.82, 2.24) is 9.97 Å². The number of benzene rings is 1. The van der Waals surface area contributed by atoms with Crippen LogP contribution >= 0.6 is 0 Å². The molecule has 0 atom stereocenters. The van der Waals surface area contributed by atoms with E-state index >= 15 is 0 Å². The Hall–Kier alpha value is -3.03. The molecule has 0 radical (unpaired) electrons. The van der Waals surface area contributed by atoms with Gasteiger partial charge in [-0.05, 0) is 25.0 Å². The SMILES string of the molecule is O=C(Nc1cnc(N2CCCC2)nc1)Nc1ccc2c(c1)OCO2. The Bertz CT molecular complexity index is 744. The molecule has 2 aliphatic heterocycles. The summed E-state index contributed by atoms with van der Waals surface area (Å²) in [6, 6.07) is 4.85. The molecule has 24 heavy (non-hydrogen) atoms. The number of rotatable bonds is 3. The predicted molar refractivity (Wildman–Crippen MR) is 88.7 cm³/mol. The van der Waals surface area contributed by atoms with E-state index in [0.29, 0.717) is 28.8 Å². The molecular formula is C16H17N5O3. The first-order valence-corrected chi connectivity index (χ1v) is 7.82. The van der Waals surface area contributed by atoms with Gasteiger partial charge in [0.2, 0.25) is 12.7 Å². The molecule has 0 saturated carbocycles. The van der Waals surface area contributed by atoms with Gasteiger partial charge in [-0.3, -0.25) is 0 Å². The van der Waals surface area contributed by atoms with Crippen LogP contribution in [-0.2, 0) is 0 Å². The van der Waals surface area contributed by atoms with E-state index in [2.05, 4.69) is 25.5 Å². The quantitative estimate of drug-likeness (QED) is 0.900. The van der Waals surface area contributed by atoms with Gasteiger partial charge >= 0.3 is 6.03 Å². The zero-order valence-corrected chi connectivity index (χ0v) is 13.0. The fraction of sp³-hybridized carbons (Fsp3) is 0.312. The number of urea groups is 1.